The lowest BCUT2D eigenvalue weighted by atomic mass is 10.1. The minimum absolute atomic E-state index is 0.252. The maximum atomic E-state index is 14.4. The van der Waals surface area contributed by atoms with Crippen LogP contribution >= 0.6 is 35.8 Å². The molecule has 0 saturated carbocycles. The molecule has 1 fully saturated rings. The van der Waals surface area contributed by atoms with Crippen LogP contribution in [0.2, 0.25) is 0 Å². The third kappa shape index (κ3) is 5.57. The van der Waals surface area contributed by atoms with Gasteiger partial charge in [0.2, 0.25) is 0 Å². The standard InChI is InChI=1S/C20H16ClFN2O4S2/c1-27-19(26)16(24-21)8-11-2-5-13(6-3-11)28-14-7-4-12(15(22)10-14)9-17-18(25)23-20(29)30-17/h2-7,9-10,16,24H,8H2,1H3,(H,23,25,29)/b17-9-/t16-/m0/s1. The zero-order valence-electron chi connectivity index (χ0n) is 15.6. The maximum Gasteiger partial charge on any atom is 0.324 e. The molecule has 2 N–H and O–H groups in total. The predicted octanol–water partition coefficient (Wildman–Crippen LogP) is 3.93. The molecule has 30 heavy (non-hydrogen) atoms. The molecule has 1 aliphatic heterocycles. The van der Waals surface area contributed by atoms with Crippen molar-refractivity contribution in [2.24, 2.45) is 0 Å². The van der Waals surface area contributed by atoms with E-state index in [0.717, 1.165) is 17.3 Å². The van der Waals surface area contributed by atoms with Crippen molar-refractivity contribution in [3.63, 3.8) is 0 Å². The fraction of sp³-hybridized carbons (Fsp3) is 0.150. The highest BCUT2D eigenvalue weighted by Crippen LogP contribution is 2.29. The van der Waals surface area contributed by atoms with Gasteiger partial charge in [0.15, 0.2) is 0 Å². The molecule has 0 aliphatic carbocycles. The molecule has 0 spiro atoms. The highest BCUT2D eigenvalue weighted by atomic mass is 35.5. The number of hydrogen-bond donors (Lipinski definition) is 2. The van der Waals surface area contributed by atoms with Gasteiger partial charge in [-0.1, -0.05) is 36.1 Å². The number of hydrogen-bond acceptors (Lipinski definition) is 7. The van der Waals surface area contributed by atoms with Gasteiger partial charge in [0.05, 0.1) is 12.0 Å². The first-order chi connectivity index (χ1) is 14.4. The van der Waals surface area contributed by atoms with Gasteiger partial charge in [-0.25, -0.2) is 9.23 Å². The first kappa shape index (κ1) is 22.2. The average molecular weight is 467 g/mol. The molecule has 1 saturated heterocycles. The van der Waals surface area contributed by atoms with Gasteiger partial charge in [-0.05, 0) is 54.1 Å². The maximum absolute atomic E-state index is 14.4. The van der Waals surface area contributed by atoms with E-state index in [-0.39, 0.29) is 11.5 Å². The molecule has 10 heteroatoms. The van der Waals surface area contributed by atoms with Crippen molar-refractivity contribution in [1.29, 1.82) is 0 Å². The quantitative estimate of drug-likeness (QED) is 0.277. The summed E-state index contributed by atoms with van der Waals surface area (Å²) in [6.45, 7) is 0. The number of thiocarbonyl (C=S) groups is 1. The predicted molar refractivity (Wildman–Crippen MR) is 118 cm³/mol. The van der Waals surface area contributed by atoms with Crippen LogP contribution in [0.25, 0.3) is 6.08 Å². The van der Waals surface area contributed by atoms with E-state index in [4.69, 9.17) is 28.7 Å². The van der Waals surface area contributed by atoms with Crippen LogP contribution in [-0.4, -0.2) is 29.3 Å². The van der Waals surface area contributed by atoms with Crippen molar-refractivity contribution in [2.75, 3.05) is 7.11 Å². The second-order valence-corrected chi connectivity index (χ2v) is 8.11. The highest BCUT2D eigenvalue weighted by Gasteiger charge is 2.22. The molecular weight excluding hydrogens is 451 g/mol. The van der Waals surface area contributed by atoms with Crippen LogP contribution in [0, 0.1) is 5.82 Å². The Kier molecular flexibility index (Phi) is 7.43. The van der Waals surface area contributed by atoms with Gasteiger partial charge in [0, 0.05) is 11.6 Å². The van der Waals surface area contributed by atoms with Crippen LogP contribution < -0.4 is 14.9 Å². The van der Waals surface area contributed by atoms with Crippen LogP contribution in [0.3, 0.4) is 0 Å². The Morgan fingerprint density at radius 1 is 1.30 bits per heavy atom. The lowest BCUT2D eigenvalue weighted by Crippen LogP contribution is -2.33. The van der Waals surface area contributed by atoms with Crippen molar-refractivity contribution in [1.82, 2.24) is 10.2 Å². The molecule has 156 valence electrons. The van der Waals surface area contributed by atoms with Crippen molar-refractivity contribution in [3.8, 4) is 11.5 Å². The number of nitrogens with one attached hydrogen (secondary N) is 2. The number of carbonyl (C=O) groups excluding carboxylic acids is 2. The van der Waals surface area contributed by atoms with E-state index in [1.54, 1.807) is 30.3 Å². The van der Waals surface area contributed by atoms with Gasteiger partial charge < -0.3 is 14.8 Å². The topological polar surface area (TPSA) is 76.7 Å². The summed E-state index contributed by atoms with van der Waals surface area (Å²) >= 11 is 11.6. The van der Waals surface area contributed by atoms with Crippen molar-refractivity contribution >= 4 is 58.0 Å². The number of ether oxygens (including phenoxy) is 2. The Hall–Kier alpha value is -2.46. The van der Waals surface area contributed by atoms with E-state index in [1.807, 2.05) is 0 Å². The Morgan fingerprint density at radius 2 is 2.00 bits per heavy atom. The molecule has 3 rings (SSSR count). The van der Waals surface area contributed by atoms with E-state index in [9.17, 15) is 14.0 Å². The van der Waals surface area contributed by atoms with Crippen LogP contribution in [0.5, 0.6) is 11.5 Å². The summed E-state index contributed by atoms with van der Waals surface area (Å²) in [7, 11) is 1.29. The number of halogens is 2. The van der Waals surface area contributed by atoms with Crippen molar-refractivity contribution in [2.45, 2.75) is 12.5 Å². The lowest BCUT2D eigenvalue weighted by Gasteiger charge is -2.12. The summed E-state index contributed by atoms with van der Waals surface area (Å²) < 4.78 is 25.1. The number of benzene rings is 2. The van der Waals surface area contributed by atoms with Crippen LogP contribution in [0.15, 0.2) is 47.4 Å². The zero-order valence-corrected chi connectivity index (χ0v) is 18.0. The van der Waals surface area contributed by atoms with Crippen LogP contribution in [-0.2, 0) is 20.7 Å². The molecule has 1 amide bonds. The molecule has 2 aromatic carbocycles. The van der Waals surface area contributed by atoms with Gasteiger partial charge in [-0.15, -0.1) is 0 Å². The molecule has 0 bridgehead atoms. The average Bonchev–Trinajstić information content (AvgIpc) is 3.05. The van der Waals surface area contributed by atoms with Gasteiger partial charge in [-0.2, -0.15) is 0 Å². The highest BCUT2D eigenvalue weighted by molar-refractivity contribution is 8.26. The van der Waals surface area contributed by atoms with Gasteiger partial charge in [0.1, 0.15) is 27.7 Å². The first-order valence-electron chi connectivity index (χ1n) is 8.65. The largest absolute Gasteiger partial charge is 0.468 e. The minimum Gasteiger partial charge on any atom is -0.468 e. The van der Waals surface area contributed by atoms with Crippen molar-refractivity contribution in [3.05, 3.63) is 64.3 Å². The van der Waals surface area contributed by atoms with Gasteiger partial charge >= 0.3 is 5.97 Å². The molecule has 0 unspecified atom stereocenters. The lowest BCUT2D eigenvalue weighted by molar-refractivity contribution is -0.142. The van der Waals surface area contributed by atoms with Crippen LogP contribution in [0.1, 0.15) is 11.1 Å². The van der Waals surface area contributed by atoms with E-state index < -0.39 is 17.8 Å². The Labute approximate surface area is 186 Å². The normalized spacial score (nSPS) is 15.8. The summed E-state index contributed by atoms with van der Waals surface area (Å²) in [4.78, 5) is 26.0. The van der Waals surface area contributed by atoms with E-state index >= 15 is 0 Å². The van der Waals surface area contributed by atoms with Crippen molar-refractivity contribution < 1.29 is 23.5 Å². The summed E-state index contributed by atoms with van der Waals surface area (Å²) in [5.41, 5.74) is 1.09. The molecule has 1 heterocycles. The number of rotatable bonds is 7. The fourth-order valence-corrected chi connectivity index (χ4v) is 3.83. The molecule has 0 aromatic heterocycles. The smallest absolute Gasteiger partial charge is 0.324 e. The zero-order chi connectivity index (χ0) is 21.7. The molecule has 2 aromatic rings. The summed E-state index contributed by atoms with van der Waals surface area (Å²) in [6, 6.07) is 10.6. The Balaban J connectivity index is 1.67. The number of methoxy groups -OCH3 is 1. The summed E-state index contributed by atoms with van der Waals surface area (Å²) in [5, 5.41) is 2.48. The van der Waals surface area contributed by atoms with Crippen LogP contribution in [0.4, 0.5) is 4.39 Å². The molecule has 6 nitrogen and oxygen atoms in total. The van der Waals surface area contributed by atoms with E-state index in [2.05, 4.69) is 14.9 Å². The molecule has 1 aliphatic rings. The third-order valence-electron chi connectivity index (χ3n) is 4.12. The second-order valence-electron chi connectivity index (χ2n) is 6.17. The van der Waals surface area contributed by atoms with Gasteiger partial charge in [-0.3, -0.25) is 9.59 Å². The molecular formula is C20H16ClFN2O4S2. The van der Waals surface area contributed by atoms with E-state index in [1.165, 1.54) is 25.3 Å². The minimum atomic E-state index is -0.673. The monoisotopic (exact) mass is 466 g/mol. The Bertz CT molecular complexity index is 1010. The fourth-order valence-electron chi connectivity index (χ4n) is 2.62. The SMILES string of the molecule is COC(=O)[C@H](Cc1ccc(Oc2ccc(/C=C3\SC(=S)NC3=O)c(F)c2)cc1)NCl. The number of thioether (sulfide) groups is 1. The first-order valence-corrected chi connectivity index (χ1v) is 10.2. The summed E-state index contributed by atoms with van der Waals surface area (Å²) in [5.74, 6) is -0.545. The number of amides is 1. The second kappa shape index (κ2) is 10.0. The Morgan fingerprint density at radius 3 is 2.57 bits per heavy atom. The van der Waals surface area contributed by atoms with E-state index in [0.29, 0.717) is 27.1 Å². The molecule has 1 atom stereocenters. The van der Waals surface area contributed by atoms with Gasteiger partial charge in [0.25, 0.3) is 5.91 Å². The number of esters is 1. The third-order valence-corrected chi connectivity index (χ3v) is 5.54. The summed E-state index contributed by atoms with van der Waals surface area (Å²) in [6.07, 6.45) is 1.78. The number of carbonyl (C=O) groups is 2. The molecule has 0 radical (unpaired) electrons.